The smallest absolute Gasteiger partial charge is 0.226 e. The van der Waals surface area contributed by atoms with Crippen molar-refractivity contribution < 1.29 is 9.63 Å². The van der Waals surface area contributed by atoms with Gasteiger partial charge in [-0.05, 0) is 38.3 Å². The molecule has 1 fully saturated rings. The zero-order valence-electron chi connectivity index (χ0n) is 10.4. The van der Waals surface area contributed by atoms with Crippen LogP contribution in [-0.2, 0) is 13.0 Å². The minimum Gasteiger partial charge on any atom is -0.396 e. The second-order valence-corrected chi connectivity index (χ2v) is 4.76. The maximum absolute atomic E-state index is 9.07. The van der Waals surface area contributed by atoms with Crippen LogP contribution in [0.5, 0.6) is 0 Å². The molecule has 0 aliphatic carbocycles. The predicted octanol–water partition coefficient (Wildman–Crippen LogP) is 1.23. The van der Waals surface area contributed by atoms with Crippen molar-refractivity contribution in [2.24, 2.45) is 5.92 Å². The number of hydrogen-bond acceptors (Lipinski definition) is 5. The van der Waals surface area contributed by atoms with Gasteiger partial charge < -0.3 is 9.63 Å². The minimum atomic E-state index is 0.316. The largest absolute Gasteiger partial charge is 0.396 e. The lowest BCUT2D eigenvalue weighted by molar-refractivity contribution is 0.125. The second kappa shape index (κ2) is 6.12. The van der Waals surface area contributed by atoms with E-state index < -0.39 is 0 Å². The molecule has 5 nitrogen and oxygen atoms in total. The van der Waals surface area contributed by atoms with E-state index in [4.69, 9.17) is 9.63 Å². The van der Waals surface area contributed by atoms with E-state index in [0.29, 0.717) is 12.5 Å². The fourth-order valence-electron chi connectivity index (χ4n) is 2.20. The number of aromatic nitrogens is 2. The Kier molecular flexibility index (Phi) is 4.50. The SMILES string of the molecule is CCCc1nc(CN2CCC(CO)CC2)no1. The van der Waals surface area contributed by atoms with Gasteiger partial charge in [-0.25, -0.2) is 0 Å². The summed E-state index contributed by atoms with van der Waals surface area (Å²) in [6.07, 6.45) is 4.02. The molecule has 0 atom stereocenters. The molecule has 0 spiro atoms. The van der Waals surface area contributed by atoms with Gasteiger partial charge in [0, 0.05) is 13.0 Å². The van der Waals surface area contributed by atoms with Crippen LogP contribution in [-0.4, -0.2) is 39.8 Å². The Bertz CT molecular complexity index is 332. The number of piperidine rings is 1. The van der Waals surface area contributed by atoms with E-state index in [2.05, 4.69) is 22.0 Å². The van der Waals surface area contributed by atoms with Gasteiger partial charge in [0.05, 0.1) is 6.54 Å². The van der Waals surface area contributed by atoms with Gasteiger partial charge in [-0.15, -0.1) is 0 Å². The molecule has 1 aliphatic rings. The van der Waals surface area contributed by atoms with Crippen molar-refractivity contribution in [3.8, 4) is 0 Å². The van der Waals surface area contributed by atoms with Crippen molar-refractivity contribution in [3.63, 3.8) is 0 Å². The normalized spacial score (nSPS) is 18.7. The van der Waals surface area contributed by atoms with Crippen LogP contribution >= 0.6 is 0 Å². The van der Waals surface area contributed by atoms with Crippen molar-refractivity contribution in [3.05, 3.63) is 11.7 Å². The lowest BCUT2D eigenvalue weighted by atomic mass is 9.98. The number of aryl methyl sites for hydroxylation is 1. The van der Waals surface area contributed by atoms with E-state index in [1.165, 1.54) is 0 Å². The van der Waals surface area contributed by atoms with Gasteiger partial charge in [0.2, 0.25) is 5.89 Å². The van der Waals surface area contributed by atoms with Crippen molar-refractivity contribution in [2.75, 3.05) is 19.7 Å². The van der Waals surface area contributed by atoms with Crippen LogP contribution in [0.15, 0.2) is 4.52 Å². The molecule has 5 heteroatoms. The van der Waals surface area contributed by atoms with E-state index in [9.17, 15) is 0 Å². The third kappa shape index (κ3) is 3.51. The fourth-order valence-corrected chi connectivity index (χ4v) is 2.20. The lowest BCUT2D eigenvalue weighted by Crippen LogP contribution is -2.34. The summed E-state index contributed by atoms with van der Waals surface area (Å²) in [7, 11) is 0. The summed E-state index contributed by atoms with van der Waals surface area (Å²) < 4.78 is 5.16. The Morgan fingerprint density at radius 1 is 1.41 bits per heavy atom. The van der Waals surface area contributed by atoms with Crippen LogP contribution in [0.3, 0.4) is 0 Å². The third-order valence-corrected chi connectivity index (χ3v) is 3.30. The molecule has 1 aromatic heterocycles. The molecular formula is C12H21N3O2. The molecule has 0 bridgehead atoms. The first-order valence-electron chi connectivity index (χ1n) is 6.46. The summed E-state index contributed by atoms with van der Waals surface area (Å²) in [4.78, 5) is 6.69. The second-order valence-electron chi connectivity index (χ2n) is 4.76. The molecule has 1 aliphatic heterocycles. The van der Waals surface area contributed by atoms with Gasteiger partial charge in [-0.2, -0.15) is 4.98 Å². The Morgan fingerprint density at radius 2 is 2.18 bits per heavy atom. The monoisotopic (exact) mass is 239 g/mol. The van der Waals surface area contributed by atoms with E-state index in [0.717, 1.165) is 57.0 Å². The third-order valence-electron chi connectivity index (χ3n) is 3.30. The van der Waals surface area contributed by atoms with Crippen molar-refractivity contribution in [1.29, 1.82) is 0 Å². The van der Waals surface area contributed by atoms with Crippen LogP contribution in [0.4, 0.5) is 0 Å². The van der Waals surface area contributed by atoms with Crippen LogP contribution in [0.2, 0.25) is 0 Å². The summed E-state index contributed by atoms with van der Waals surface area (Å²) in [5.74, 6) is 2.01. The molecule has 0 saturated carbocycles. The van der Waals surface area contributed by atoms with Gasteiger partial charge in [0.1, 0.15) is 0 Å². The van der Waals surface area contributed by atoms with Gasteiger partial charge in [0.15, 0.2) is 5.82 Å². The van der Waals surface area contributed by atoms with Crippen molar-refractivity contribution in [2.45, 2.75) is 39.2 Å². The van der Waals surface area contributed by atoms with Gasteiger partial charge in [-0.1, -0.05) is 12.1 Å². The molecule has 2 heterocycles. The van der Waals surface area contributed by atoms with E-state index in [-0.39, 0.29) is 0 Å². The molecule has 96 valence electrons. The summed E-state index contributed by atoms with van der Waals surface area (Å²) in [5, 5.41) is 13.1. The standard InChI is InChI=1S/C12H21N3O2/c1-2-3-12-13-11(14-17-12)8-15-6-4-10(9-16)5-7-15/h10,16H,2-9H2,1H3. The Balaban J connectivity index is 1.80. The zero-order valence-corrected chi connectivity index (χ0v) is 10.4. The van der Waals surface area contributed by atoms with Crippen LogP contribution in [0, 0.1) is 5.92 Å². The first-order valence-corrected chi connectivity index (χ1v) is 6.46. The number of aliphatic hydroxyl groups excluding tert-OH is 1. The molecule has 17 heavy (non-hydrogen) atoms. The summed E-state index contributed by atoms with van der Waals surface area (Å²) in [6.45, 7) is 5.22. The quantitative estimate of drug-likeness (QED) is 0.837. The minimum absolute atomic E-state index is 0.316. The average Bonchev–Trinajstić information content (AvgIpc) is 2.78. The first kappa shape index (κ1) is 12.5. The molecule has 0 radical (unpaired) electrons. The Hall–Kier alpha value is -0.940. The van der Waals surface area contributed by atoms with Crippen LogP contribution in [0.1, 0.15) is 37.9 Å². The summed E-state index contributed by atoms with van der Waals surface area (Å²) in [6, 6.07) is 0. The number of aliphatic hydroxyl groups is 1. The van der Waals surface area contributed by atoms with Crippen molar-refractivity contribution in [1.82, 2.24) is 15.0 Å². The zero-order chi connectivity index (χ0) is 12.1. The van der Waals surface area contributed by atoms with Gasteiger partial charge in [0.25, 0.3) is 0 Å². The summed E-state index contributed by atoms with van der Waals surface area (Å²) in [5.41, 5.74) is 0. The fraction of sp³-hybridized carbons (Fsp3) is 0.833. The highest BCUT2D eigenvalue weighted by molar-refractivity contribution is 4.87. The van der Waals surface area contributed by atoms with E-state index >= 15 is 0 Å². The van der Waals surface area contributed by atoms with Crippen molar-refractivity contribution >= 4 is 0 Å². The predicted molar refractivity (Wildman–Crippen MR) is 63.4 cm³/mol. The Morgan fingerprint density at radius 3 is 2.82 bits per heavy atom. The number of nitrogens with zero attached hydrogens (tertiary/aromatic N) is 3. The first-order chi connectivity index (χ1) is 8.31. The van der Waals surface area contributed by atoms with Gasteiger partial charge >= 0.3 is 0 Å². The van der Waals surface area contributed by atoms with E-state index in [1.54, 1.807) is 0 Å². The molecule has 0 amide bonds. The topological polar surface area (TPSA) is 62.4 Å². The highest BCUT2D eigenvalue weighted by Crippen LogP contribution is 2.17. The highest BCUT2D eigenvalue weighted by Gasteiger charge is 2.19. The van der Waals surface area contributed by atoms with Crippen LogP contribution < -0.4 is 0 Å². The number of rotatable bonds is 5. The molecular weight excluding hydrogens is 218 g/mol. The maximum Gasteiger partial charge on any atom is 0.226 e. The Labute approximate surface area is 102 Å². The molecule has 1 N–H and O–H groups in total. The molecule has 2 rings (SSSR count). The van der Waals surface area contributed by atoms with Crippen LogP contribution in [0.25, 0.3) is 0 Å². The number of hydrogen-bond donors (Lipinski definition) is 1. The molecule has 1 aromatic rings. The molecule has 0 aromatic carbocycles. The highest BCUT2D eigenvalue weighted by atomic mass is 16.5. The molecule has 1 saturated heterocycles. The average molecular weight is 239 g/mol. The van der Waals surface area contributed by atoms with E-state index in [1.807, 2.05) is 0 Å². The van der Waals surface area contributed by atoms with Gasteiger partial charge in [-0.3, -0.25) is 4.90 Å². The molecule has 0 unspecified atom stereocenters. The lowest BCUT2D eigenvalue weighted by Gasteiger charge is -2.29. The number of likely N-dealkylation sites (tertiary alicyclic amines) is 1. The maximum atomic E-state index is 9.07. The summed E-state index contributed by atoms with van der Waals surface area (Å²) >= 11 is 0.